The number of carboxylic acid groups (broad SMARTS) is 2. The molecule has 2 aromatic rings. The summed E-state index contributed by atoms with van der Waals surface area (Å²) in [6.45, 7) is 0.181. The van der Waals surface area contributed by atoms with Crippen LogP contribution >= 0.6 is 0 Å². The Morgan fingerprint density at radius 2 is 1.89 bits per heavy atom. The predicted molar refractivity (Wildman–Crippen MR) is 97.3 cm³/mol. The third-order valence-corrected chi connectivity index (χ3v) is 4.12. The van der Waals surface area contributed by atoms with E-state index in [1.165, 1.54) is 10.8 Å². The molecule has 1 atom stereocenters. The number of nitrogens with one attached hydrogen (secondary N) is 1. The SMILES string of the molecule is O=C(O)CN(CCc1ccc(NS(=O)O)cc1)Cc1nccn1CC(=O)O. The van der Waals surface area contributed by atoms with Crippen molar-refractivity contribution in [3.8, 4) is 0 Å². The van der Waals surface area contributed by atoms with E-state index in [-0.39, 0.29) is 19.6 Å². The Hall–Kier alpha value is -2.76. The lowest BCUT2D eigenvalue weighted by Crippen LogP contribution is -2.32. The highest BCUT2D eigenvalue weighted by molar-refractivity contribution is 7.80. The molecule has 1 aromatic heterocycles. The summed E-state index contributed by atoms with van der Waals surface area (Å²) in [5.41, 5.74) is 1.42. The maximum Gasteiger partial charge on any atom is 0.323 e. The van der Waals surface area contributed by atoms with Gasteiger partial charge in [0.2, 0.25) is 0 Å². The van der Waals surface area contributed by atoms with E-state index in [0.717, 1.165) is 5.56 Å². The first-order valence-corrected chi connectivity index (χ1v) is 9.06. The Morgan fingerprint density at radius 3 is 2.48 bits per heavy atom. The Bertz CT molecular complexity index is 807. The average molecular weight is 396 g/mol. The first kappa shape index (κ1) is 20.6. The van der Waals surface area contributed by atoms with Gasteiger partial charge in [-0.15, -0.1) is 0 Å². The van der Waals surface area contributed by atoms with E-state index in [1.54, 1.807) is 35.4 Å². The van der Waals surface area contributed by atoms with Gasteiger partial charge in [-0.3, -0.25) is 23.8 Å². The molecule has 2 rings (SSSR count). The smallest absolute Gasteiger partial charge is 0.323 e. The fourth-order valence-corrected chi connectivity index (χ4v) is 2.85. The van der Waals surface area contributed by atoms with Gasteiger partial charge in [-0.1, -0.05) is 12.1 Å². The lowest BCUT2D eigenvalue weighted by Gasteiger charge is -2.20. The Morgan fingerprint density at radius 1 is 1.19 bits per heavy atom. The highest BCUT2D eigenvalue weighted by Crippen LogP contribution is 2.12. The summed E-state index contributed by atoms with van der Waals surface area (Å²) in [4.78, 5) is 27.8. The second kappa shape index (κ2) is 9.80. The Balaban J connectivity index is 2.00. The van der Waals surface area contributed by atoms with Crippen molar-refractivity contribution in [2.75, 3.05) is 17.8 Å². The number of carboxylic acids is 2. The number of anilines is 1. The lowest BCUT2D eigenvalue weighted by atomic mass is 10.1. The topological polar surface area (TPSA) is 145 Å². The molecule has 0 aliphatic rings. The molecule has 10 nitrogen and oxygen atoms in total. The van der Waals surface area contributed by atoms with Crippen LogP contribution in [0.25, 0.3) is 0 Å². The van der Waals surface area contributed by atoms with Crippen molar-refractivity contribution in [3.05, 3.63) is 48.0 Å². The molecular weight excluding hydrogens is 376 g/mol. The summed E-state index contributed by atoms with van der Waals surface area (Å²) in [7, 11) is 0. The fourth-order valence-electron chi connectivity index (χ4n) is 2.51. The number of aromatic nitrogens is 2. The minimum absolute atomic E-state index is 0.204. The zero-order chi connectivity index (χ0) is 19.8. The number of benzene rings is 1. The molecule has 0 saturated heterocycles. The van der Waals surface area contributed by atoms with E-state index >= 15 is 0 Å². The third kappa shape index (κ3) is 7.17. The number of rotatable bonds is 11. The molecule has 0 radical (unpaired) electrons. The second-order valence-electron chi connectivity index (χ2n) is 5.77. The van der Waals surface area contributed by atoms with Crippen LogP contribution in [0.2, 0.25) is 0 Å². The van der Waals surface area contributed by atoms with E-state index < -0.39 is 23.2 Å². The molecule has 0 amide bonds. The molecule has 27 heavy (non-hydrogen) atoms. The van der Waals surface area contributed by atoms with Gasteiger partial charge in [0.05, 0.1) is 13.1 Å². The van der Waals surface area contributed by atoms with Crippen LogP contribution in [-0.2, 0) is 40.4 Å². The quantitative estimate of drug-likeness (QED) is 0.405. The second-order valence-corrected chi connectivity index (χ2v) is 6.47. The standard InChI is InChI=1S/C16H20N4O6S/c21-15(22)10-19(9-14-17-6-8-20(14)11-16(23)24)7-5-12-1-3-13(4-2-12)18-27(25)26/h1-4,6,8,18H,5,7,9-11H2,(H,21,22)(H,23,24)(H,25,26). The van der Waals surface area contributed by atoms with E-state index in [4.69, 9.17) is 14.8 Å². The summed E-state index contributed by atoms with van der Waals surface area (Å²) in [6, 6.07) is 6.87. The van der Waals surface area contributed by atoms with Crippen molar-refractivity contribution >= 4 is 28.9 Å². The van der Waals surface area contributed by atoms with E-state index in [9.17, 15) is 13.8 Å². The van der Waals surface area contributed by atoms with Crippen LogP contribution in [0.4, 0.5) is 5.69 Å². The van der Waals surface area contributed by atoms with Crippen LogP contribution in [0, 0.1) is 0 Å². The number of carbonyl (C=O) groups is 2. The van der Waals surface area contributed by atoms with Crippen LogP contribution in [0.15, 0.2) is 36.7 Å². The molecule has 1 unspecified atom stereocenters. The number of hydrogen-bond acceptors (Lipinski definition) is 5. The van der Waals surface area contributed by atoms with Gasteiger partial charge in [0.1, 0.15) is 12.4 Å². The van der Waals surface area contributed by atoms with Gasteiger partial charge in [0, 0.05) is 24.6 Å². The Labute approximate surface area is 157 Å². The van der Waals surface area contributed by atoms with Gasteiger partial charge in [-0.25, -0.2) is 9.19 Å². The average Bonchev–Trinajstić information content (AvgIpc) is 2.99. The molecule has 0 saturated carbocycles. The minimum Gasteiger partial charge on any atom is -0.480 e. The molecule has 0 spiro atoms. The predicted octanol–water partition coefficient (Wildman–Crippen LogP) is 0.646. The van der Waals surface area contributed by atoms with Gasteiger partial charge in [-0.05, 0) is 24.1 Å². The highest BCUT2D eigenvalue weighted by Gasteiger charge is 2.15. The van der Waals surface area contributed by atoms with Crippen LogP contribution < -0.4 is 4.72 Å². The summed E-state index contributed by atoms with van der Waals surface area (Å²) >= 11 is -2.14. The van der Waals surface area contributed by atoms with Crippen molar-refractivity contribution in [1.82, 2.24) is 14.5 Å². The van der Waals surface area contributed by atoms with Gasteiger partial charge in [0.15, 0.2) is 0 Å². The number of imidazole rings is 1. The number of hydrogen-bond donors (Lipinski definition) is 4. The molecule has 4 N–H and O–H groups in total. The van der Waals surface area contributed by atoms with Crippen LogP contribution in [0.1, 0.15) is 11.4 Å². The molecule has 146 valence electrons. The maximum atomic E-state index is 11.1. The van der Waals surface area contributed by atoms with Crippen molar-refractivity contribution in [2.24, 2.45) is 0 Å². The fraction of sp³-hybridized carbons (Fsp3) is 0.312. The van der Waals surface area contributed by atoms with Crippen molar-refractivity contribution in [2.45, 2.75) is 19.5 Å². The van der Waals surface area contributed by atoms with E-state index in [0.29, 0.717) is 24.5 Å². The lowest BCUT2D eigenvalue weighted by molar-refractivity contribution is -0.139. The molecule has 1 aromatic carbocycles. The van der Waals surface area contributed by atoms with Gasteiger partial charge in [-0.2, -0.15) is 0 Å². The summed E-state index contributed by atoms with van der Waals surface area (Å²) in [6.07, 6.45) is 3.57. The van der Waals surface area contributed by atoms with Gasteiger partial charge >= 0.3 is 11.9 Å². The Kier molecular flexibility index (Phi) is 7.46. The van der Waals surface area contributed by atoms with E-state index in [2.05, 4.69) is 9.71 Å². The molecular formula is C16H20N4O6S. The maximum absolute atomic E-state index is 11.1. The van der Waals surface area contributed by atoms with E-state index in [1.807, 2.05) is 0 Å². The van der Waals surface area contributed by atoms with Gasteiger partial charge in [0.25, 0.3) is 11.3 Å². The first-order chi connectivity index (χ1) is 12.8. The highest BCUT2D eigenvalue weighted by atomic mass is 32.2. The molecule has 0 aliphatic heterocycles. The van der Waals surface area contributed by atoms with Crippen molar-refractivity contribution in [3.63, 3.8) is 0 Å². The van der Waals surface area contributed by atoms with Gasteiger partial charge < -0.3 is 14.8 Å². The monoisotopic (exact) mass is 396 g/mol. The summed E-state index contributed by atoms with van der Waals surface area (Å²) < 4.78 is 23.3. The normalized spacial score (nSPS) is 12.1. The third-order valence-electron chi connectivity index (χ3n) is 3.71. The molecule has 0 aliphatic carbocycles. The minimum atomic E-state index is -2.14. The zero-order valence-corrected chi connectivity index (χ0v) is 15.1. The van der Waals surface area contributed by atoms with Crippen LogP contribution in [0.3, 0.4) is 0 Å². The zero-order valence-electron chi connectivity index (χ0n) is 14.3. The summed E-state index contributed by atoms with van der Waals surface area (Å²) in [5, 5.41) is 18.0. The molecule has 0 bridgehead atoms. The van der Waals surface area contributed by atoms with Crippen LogP contribution in [-0.4, -0.2) is 58.5 Å². The first-order valence-electron chi connectivity index (χ1n) is 7.96. The molecule has 1 heterocycles. The largest absolute Gasteiger partial charge is 0.480 e. The molecule has 0 fully saturated rings. The van der Waals surface area contributed by atoms with Crippen molar-refractivity contribution < 1.29 is 28.6 Å². The molecule has 11 heteroatoms. The summed E-state index contributed by atoms with van der Waals surface area (Å²) in [5.74, 6) is -1.52. The van der Waals surface area contributed by atoms with Crippen LogP contribution in [0.5, 0.6) is 0 Å². The number of nitrogens with zero attached hydrogens (tertiary/aromatic N) is 3. The van der Waals surface area contributed by atoms with Crippen molar-refractivity contribution in [1.29, 1.82) is 0 Å². The number of aliphatic carboxylic acids is 2.